The van der Waals surface area contributed by atoms with E-state index in [9.17, 15) is 4.79 Å². The van der Waals surface area contributed by atoms with Gasteiger partial charge >= 0.3 is 5.97 Å². The summed E-state index contributed by atoms with van der Waals surface area (Å²) in [7, 11) is 0. The maximum absolute atomic E-state index is 11.6. The van der Waals surface area contributed by atoms with Gasteiger partial charge in [-0.3, -0.25) is 0 Å². The van der Waals surface area contributed by atoms with Crippen LogP contribution in [0.1, 0.15) is 31.9 Å². The van der Waals surface area contributed by atoms with Crippen molar-refractivity contribution in [1.29, 1.82) is 0 Å². The molecule has 19 heavy (non-hydrogen) atoms. The Hall–Kier alpha value is -1.55. The van der Waals surface area contributed by atoms with Crippen molar-refractivity contribution >= 4 is 5.97 Å². The second-order valence-electron chi connectivity index (χ2n) is 4.80. The third-order valence-electron chi connectivity index (χ3n) is 2.68. The van der Waals surface area contributed by atoms with E-state index in [1.54, 1.807) is 13.8 Å². The molecule has 0 aliphatic rings. The van der Waals surface area contributed by atoms with Crippen LogP contribution in [0, 0.1) is 6.92 Å². The molecular formula is C15H23NO3. The van der Waals surface area contributed by atoms with Gasteiger partial charge in [-0.15, -0.1) is 0 Å². The predicted molar refractivity (Wildman–Crippen MR) is 75.3 cm³/mol. The number of hydrogen-bond acceptors (Lipinski definition) is 4. The van der Waals surface area contributed by atoms with Gasteiger partial charge in [-0.25, -0.2) is 4.79 Å². The number of carbonyl (C=O) groups excluding carboxylic acids is 1. The number of rotatable bonds is 6. The summed E-state index contributed by atoms with van der Waals surface area (Å²) in [4.78, 5) is 11.6. The molecule has 2 atom stereocenters. The zero-order chi connectivity index (χ0) is 14.4. The monoisotopic (exact) mass is 265 g/mol. The molecule has 0 heterocycles. The zero-order valence-corrected chi connectivity index (χ0v) is 12.1. The summed E-state index contributed by atoms with van der Waals surface area (Å²) in [5.41, 5.74) is 8.00. The Labute approximate surface area is 114 Å². The van der Waals surface area contributed by atoms with Gasteiger partial charge < -0.3 is 15.2 Å². The van der Waals surface area contributed by atoms with Crippen LogP contribution in [0.15, 0.2) is 18.2 Å². The largest absolute Gasteiger partial charge is 0.479 e. The van der Waals surface area contributed by atoms with Crippen LogP contribution < -0.4 is 10.5 Å². The molecule has 0 amide bonds. The molecule has 0 fully saturated rings. The van der Waals surface area contributed by atoms with Crippen molar-refractivity contribution in [3.8, 4) is 5.75 Å². The van der Waals surface area contributed by atoms with Crippen LogP contribution in [-0.4, -0.2) is 24.7 Å². The topological polar surface area (TPSA) is 61.5 Å². The van der Waals surface area contributed by atoms with E-state index >= 15 is 0 Å². The summed E-state index contributed by atoms with van der Waals surface area (Å²) in [6, 6.07) is 5.92. The molecule has 0 aromatic heterocycles. The van der Waals surface area contributed by atoms with Crippen LogP contribution in [0.5, 0.6) is 5.75 Å². The van der Waals surface area contributed by atoms with E-state index in [4.69, 9.17) is 15.2 Å². The van der Waals surface area contributed by atoms with E-state index in [0.29, 0.717) is 18.8 Å². The summed E-state index contributed by atoms with van der Waals surface area (Å²) in [6.45, 7) is 7.78. The van der Waals surface area contributed by atoms with Crippen LogP contribution in [0.2, 0.25) is 0 Å². The number of hydrogen-bond donors (Lipinski definition) is 1. The highest BCUT2D eigenvalue weighted by Crippen LogP contribution is 2.22. The van der Waals surface area contributed by atoms with Gasteiger partial charge in [0.25, 0.3) is 0 Å². The van der Waals surface area contributed by atoms with Crippen LogP contribution in [0.3, 0.4) is 0 Å². The molecule has 4 nitrogen and oxygen atoms in total. The van der Waals surface area contributed by atoms with E-state index in [1.165, 1.54) is 0 Å². The van der Waals surface area contributed by atoms with Gasteiger partial charge in [0.1, 0.15) is 5.75 Å². The van der Waals surface area contributed by atoms with E-state index < -0.39 is 6.10 Å². The van der Waals surface area contributed by atoms with Gasteiger partial charge in [0.2, 0.25) is 0 Å². The highest BCUT2D eigenvalue weighted by Gasteiger charge is 2.17. The molecule has 0 saturated heterocycles. The first kappa shape index (κ1) is 15.5. The van der Waals surface area contributed by atoms with Gasteiger partial charge in [0.05, 0.1) is 6.61 Å². The number of ether oxygens (including phenoxy) is 2. The molecule has 0 aliphatic heterocycles. The first-order valence-corrected chi connectivity index (χ1v) is 6.62. The Morgan fingerprint density at radius 1 is 1.37 bits per heavy atom. The molecule has 2 N–H and O–H groups in total. The molecule has 1 rings (SSSR count). The van der Waals surface area contributed by atoms with Crippen molar-refractivity contribution < 1.29 is 14.3 Å². The average molecular weight is 265 g/mol. The molecule has 2 unspecified atom stereocenters. The smallest absolute Gasteiger partial charge is 0.347 e. The minimum Gasteiger partial charge on any atom is -0.479 e. The highest BCUT2D eigenvalue weighted by atomic mass is 16.6. The van der Waals surface area contributed by atoms with Crippen LogP contribution >= 0.6 is 0 Å². The van der Waals surface area contributed by atoms with Crippen LogP contribution in [-0.2, 0) is 16.0 Å². The molecule has 0 bridgehead atoms. The van der Waals surface area contributed by atoms with Gasteiger partial charge in [0.15, 0.2) is 6.10 Å². The van der Waals surface area contributed by atoms with Gasteiger partial charge in [0, 0.05) is 6.04 Å². The number of carbonyl (C=O) groups is 1. The normalized spacial score (nSPS) is 13.7. The molecule has 0 aliphatic carbocycles. The standard InChI is InChI=1S/C15H23NO3/c1-5-18-15(17)12(4)19-14-7-6-10(2)8-13(14)9-11(3)16/h6-8,11-12H,5,9,16H2,1-4H3. The lowest BCUT2D eigenvalue weighted by atomic mass is 10.0. The van der Waals surface area contributed by atoms with E-state index in [-0.39, 0.29) is 12.0 Å². The van der Waals surface area contributed by atoms with Crippen LogP contribution in [0.25, 0.3) is 0 Å². The fourth-order valence-corrected chi connectivity index (χ4v) is 1.83. The Balaban J connectivity index is 2.84. The first-order valence-electron chi connectivity index (χ1n) is 6.62. The fourth-order valence-electron chi connectivity index (χ4n) is 1.83. The lowest BCUT2D eigenvalue weighted by molar-refractivity contribution is -0.150. The molecule has 106 valence electrons. The quantitative estimate of drug-likeness (QED) is 0.801. The van der Waals surface area contributed by atoms with Crippen LogP contribution in [0.4, 0.5) is 0 Å². The second-order valence-corrected chi connectivity index (χ2v) is 4.80. The minimum atomic E-state index is -0.616. The SMILES string of the molecule is CCOC(=O)C(C)Oc1ccc(C)cc1CC(C)N. The average Bonchev–Trinajstić information content (AvgIpc) is 2.32. The zero-order valence-electron chi connectivity index (χ0n) is 12.1. The first-order chi connectivity index (χ1) is 8.93. The third kappa shape index (κ3) is 4.91. The van der Waals surface area contributed by atoms with E-state index in [1.807, 2.05) is 32.0 Å². The van der Waals surface area contributed by atoms with Gasteiger partial charge in [-0.1, -0.05) is 17.7 Å². The molecule has 1 aromatic carbocycles. The van der Waals surface area contributed by atoms with Crippen molar-refractivity contribution in [2.45, 2.75) is 46.3 Å². The summed E-state index contributed by atoms with van der Waals surface area (Å²) >= 11 is 0. The predicted octanol–water partition coefficient (Wildman–Crippen LogP) is 2.22. The minimum absolute atomic E-state index is 0.0436. The van der Waals surface area contributed by atoms with Gasteiger partial charge in [-0.2, -0.15) is 0 Å². The maximum Gasteiger partial charge on any atom is 0.347 e. The summed E-state index contributed by atoms with van der Waals surface area (Å²) < 4.78 is 10.6. The van der Waals surface area contributed by atoms with Crippen molar-refractivity contribution in [2.24, 2.45) is 5.73 Å². The Kier molecular flexibility index (Phi) is 5.83. The van der Waals surface area contributed by atoms with Gasteiger partial charge in [-0.05, 0) is 45.7 Å². The van der Waals surface area contributed by atoms with Crippen molar-refractivity contribution in [3.63, 3.8) is 0 Å². The number of aryl methyl sites for hydroxylation is 1. The Morgan fingerprint density at radius 3 is 2.63 bits per heavy atom. The maximum atomic E-state index is 11.6. The molecule has 0 radical (unpaired) electrons. The second kappa shape index (κ2) is 7.14. The third-order valence-corrected chi connectivity index (χ3v) is 2.68. The van der Waals surface area contributed by atoms with Crippen molar-refractivity contribution in [1.82, 2.24) is 0 Å². The summed E-state index contributed by atoms with van der Waals surface area (Å²) in [5.74, 6) is 0.346. The molecule has 0 spiro atoms. The number of benzene rings is 1. The lowest BCUT2D eigenvalue weighted by Gasteiger charge is -2.17. The van der Waals surface area contributed by atoms with E-state index in [2.05, 4.69) is 0 Å². The van der Waals surface area contributed by atoms with Crippen molar-refractivity contribution in [3.05, 3.63) is 29.3 Å². The Morgan fingerprint density at radius 2 is 2.05 bits per heavy atom. The summed E-state index contributed by atoms with van der Waals surface area (Å²) in [6.07, 6.45) is 0.0986. The highest BCUT2D eigenvalue weighted by molar-refractivity contribution is 5.74. The molecule has 1 aromatic rings. The number of esters is 1. The Bertz CT molecular complexity index is 429. The van der Waals surface area contributed by atoms with E-state index in [0.717, 1.165) is 11.1 Å². The number of nitrogens with two attached hydrogens (primary N) is 1. The lowest BCUT2D eigenvalue weighted by Crippen LogP contribution is -2.27. The molecule has 4 heteroatoms. The fraction of sp³-hybridized carbons (Fsp3) is 0.533. The molecule has 0 saturated carbocycles. The summed E-state index contributed by atoms with van der Waals surface area (Å²) in [5, 5.41) is 0. The van der Waals surface area contributed by atoms with Crippen molar-refractivity contribution in [2.75, 3.05) is 6.61 Å². The molecular weight excluding hydrogens is 242 g/mol.